The van der Waals surface area contributed by atoms with Crippen molar-refractivity contribution < 1.29 is 22.0 Å². The van der Waals surface area contributed by atoms with E-state index in [1.807, 2.05) is 13.8 Å². The molecule has 25 heavy (non-hydrogen) atoms. The van der Waals surface area contributed by atoms with E-state index in [0.717, 1.165) is 12.1 Å². The molecule has 0 saturated carbocycles. The molecule has 1 aromatic heterocycles. The minimum absolute atomic E-state index is 0.0420. The molecule has 1 atom stereocenters. The van der Waals surface area contributed by atoms with Crippen LogP contribution in [0.4, 0.5) is 9.18 Å². The van der Waals surface area contributed by atoms with Crippen LogP contribution in [0.5, 0.6) is 0 Å². The monoisotopic (exact) mass is 368 g/mol. The number of urea groups is 1. The number of halogens is 1. The number of amides is 2. The predicted molar refractivity (Wildman–Crippen MR) is 91.3 cm³/mol. The molecule has 1 heterocycles. The smallest absolute Gasteiger partial charge is 0.314 e. The number of rotatable bonds is 7. The number of hydrogen-bond acceptors (Lipinski definition) is 4. The van der Waals surface area contributed by atoms with Gasteiger partial charge in [0.05, 0.1) is 11.2 Å². The largest absolute Gasteiger partial charge is 0.468 e. The zero-order valence-electron chi connectivity index (χ0n) is 14.0. The van der Waals surface area contributed by atoms with Gasteiger partial charge in [-0.1, -0.05) is 13.8 Å². The summed E-state index contributed by atoms with van der Waals surface area (Å²) in [6.07, 6.45) is 1.36. The molecule has 0 aliphatic rings. The lowest BCUT2D eigenvalue weighted by atomic mass is 10.2. The number of sulfone groups is 1. The summed E-state index contributed by atoms with van der Waals surface area (Å²) in [4.78, 5) is 11.8. The number of furan rings is 1. The van der Waals surface area contributed by atoms with Crippen LogP contribution in [0.1, 0.15) is 24.9 Å². The average Bonchev–Trinajstić information content (AvgIpc) is 3.07. The molecule has 0 bridgehead atoms. The third kappa shape index (κ3) is 5.06. The second-order valence-electron chi connectivity index (χ2n) is 5.99. The van der Waals surface area contributed by atoms with Crippen LogP contribution in [0, 0.1) is 11.7 Å². The lowest BCUT2D eigenvalue weighted by Crippen LogP contribution is -2.40. The fourth-order valence-corrected chi connectivity index (χ4v) is 3.76. The Labute approximate surface area is 146 Å². The van der Waals surface area contributed by atoms with E-state index in [2.05, 4.69) is 10.6 Å². The molecular weight excluding hydrogens is 347 g/mol. The van der Waals surface area contributed by atoms with Gasteiger partial charge in [0.2, 0.25) is 0 Å². The third-order valence-electron chi connectivity index (χ3n) is 3.50. The molecule has 6 nitrogen and oxygen atoms in total. The van der Waals surface area contributed by atoms with Crippen molar-refractivity contribution in [3.63, 3.8) is 0 Å². The molecule has 8 heteroatoms. The Kier molecular flexibility index (Phi) is 6.19. The lowest BCUT2D eigenvalue weighted by molar-refractivity contribution is 0.239. The van der Waals surface area contributed by atoms with Gasteiger partial charge in [-0.05, 0) is 42.3 Å². The van der Waals surface area contributed by atoms with Gasteiger partial charge in [-0.25, -0.2) is 17.6 Å². The van der Waals surface area contributed by atoms with Gasteiger partial charge in [0.25, 0.3) is 0 Å². The molecule has 2 rings (SSSR count). The first-order valence-electron chi connectivity index (χ1n) is 7.85. The first kappa shape index (κ1) is 19.0. The molecule has 2 N–H and O–H groups in total. The van der Waals surface area contributed by atoms with Crippen molar-refractivity contribution in [3.8, 4) is 0 Å². The maximum Gasteiger partial charge on any atom is 0.314 e. The van der Waals surface area contributed by atoms with Crippen LogP contribution in [0.25, 0.3) is 0 Å². The van der Waals surface area contributed by atoms with Crippen LogP contribution in [0.15, 0.2) is 52.0 Å². The van der Waals surface area contributed by atoms with Crippen molar-refractivity contribution in [3.05, 3.63) is 54.2 Å². The van der Waals surface area contributed by atoms with Crippen molar-refractivity contribution in [2.75, 3.05) is 13.1 Å². The minimum atomic E-state index is -3.87. The Balaban J connectivity index is 2.19. The molecule has 0 radical (unpaired) electrons. The van der Waals surface area contributed by atoms with Gasteiger partial charge in [0, 0.05) is 13.1 Å². The maximum absolute atomic E-state index is 13.1. The average molecular weight is 368 g/mol. The van der Waals surface area contributed by atoms with E-state index < -0.39 is 26.9 Å². The van der Waals surface area contributed by atoms with Gasteiger partial charge >= 0.3 is 6.03 Å². The van der Waals surface area contributed by atoms with E-state index in [9.17, 15) is 17.6 Å². The predicted octanol–water partition coefficient (Wildman–Crippen LogP) is 2.89. The second kappa shape index (κ2) is 8.15. The van der Waals surface area contributed by atoms with Gasteiger partial charge in [0.1, 0.15) is 16.8 Å². The minimum Gasteiger partial charge on any atom is -0.468 e. The number of hydrogen-bond donors (Lipinski definition) is 2. The van der Waals surface area contributed by atoms with Gasteiger partial charge in [0.15, 0.2) is 9.84 Å². The third-order valence-corrected chi connectivity index (χ3v) is 5.57. The van der Waals surface area contributed by atoms with Crippen molar-refractivity contribution in [1.82, 2.24) is 10.6 Å². The summed E-state index contributed by atoms with van der Waals surface area (Å²) in [6.45, 7) is 4.20. The molecular formula is C17H21FN2O4S. The fourth-order valence-electron chi connectivity index (χ4n) is 2.17. The van der Waals surface area contributed by atoms with E-state index in [0.29, 0.717) is 6.54 Å². The Morgan fingerprint density at radius 1 is 1.12 bits per heavy atom. The van der Waals surface area contributed by atoms with Crippen LogP contribution in [0.2, 0.25) is 0 Å². The zero-order valence-corrected chi connectivity index (χ0v) is 14.8. The number of benzene rings is 1. The van der Waals surface area contributed by atoms with E-state index in [4.69, 9.17) is 4.42 Å². The number of nitrogens with one attached hydrogen (secondary N) is 2. The van der Waals surface area contributed by atoms with Gasteiger partial charge in [-0.2, -0.15) is 0 Å². The number of carbonyl (C=O) groups is 1. The topological polar surface area (TPSA) is 88.4 Å². The van der Waals surface area contributed by atoms with Crippen LogP contribution in [-0.4, -0.2) is 27.5 Å². The standard InChI is InChI=1S/C17H21FN2O4S/c1-12(2)10-19-17(21)20-11-16(15-4-3-9-24-15)25(22,23)14-7-5-13(18)6-8-14/h3-9,12,16H,10-11H2,1-2H3,(H2,19,20,21). The fraction of sp³-hybridized carbons (Fsp3) is 0.353. The van der Waals surface area contributed by atoms with Crippen LogP contribution in [-0.2, 0) is 9.84 Å². The van der Waals surface area contributed by atoms with E-state index >= 15 is 0 Å². The van der Waals surface area contributed by atoms with Gasteiger partial charge in [-0.3, -0.25) is 0 Å². The molecule has 1 unspecified atom stereocenters. The SMILES string of the molecule is CC(C)CNC(=O)NCC(c1ccco1)S(=O)(=O)c1ccc(F)cc1. The molecule has 2 aromatic rings. The quantitative estimate of drug-likeness (QED) is 0.736. The lowest BCUT2D eigenvalue weighted by Gasteiger charge is -2.17. The Morgan fingerprint density at radius 2 is 1.76 bits per heavy atom. The maximum atomic E-state index is 13.1. The first-order valence-corrected chi connectivity index (χ1v) is 9.40. The summed E-state index contributed by atoms with van der Waals surface area (Å²) < 4.78 is 44.0. The Morgan fingerprint density at radius 3 is 2.32 bits per heavy atom. The summed E-state index contributed by atoms with van der Waals surface area (Å²) in [7, 11) is -3.87. The van der Waals surface area contributed by atoms with Gasteiger partial charge in [-0.15, -0.1) is 0 Å². The molecule has 1 aromatic carbocycles. The van der Waals surface area contributed by atoms with Crippen LogP contribution < -0.4 is 10.6 Å². The van der Waals surface area contributed by atoms with E-state index in [1.165, 1.54) is 24.5 Å². The Hall–Kier alpha value is -2.35. The summed E-state index contributed by atoms with van der Waals surface area (Å²) >= 11 is 0. The molecule has 0 aliphatic carbocycles. The molecule has 136 valence electrons. The summed E-state index contributed by atoms with van der Waals surface area (Å²) in [5.74, 6) is -0.0530. The van der Waals surface area contributed by atoms with Crippen LogP contribution >= 0.6 is 0 Å². The normalized spacial score (nSPS) is 12.8. The molecule has 2 amide bonds. The van der Waals surface area contributed by atoms with Crippen molar-refractivity contribution >= 4 is 15.9 Å². The molecule has 0 saturated heterocycles. The summed E-state index contributed by atoms with van der Waals surface area (Å²) in [5, 5.41) is 4.09. The van der Waals surface area contributed by atoms with Gasteiger partial charge < -0.3 is 15.1 Å². The highest BCUT2D eigenvalue weighted by Gasteiger charge is 2.31. The highest BCUT2D eigenvalue weighted by Crippen LogP contribution is 2.29. The molecule has 0 aliphatic heterocycles. The highest BCUT2D eigenvalue weighted by molar-refractivity contribution is 7.91. The van der Waals surface area contributed by atoms with Crippen molar-refractivity contribution in [2.45, 2.75) is 24.0 Å². The summed E-state index contributed by atoms with van der Waals surface area (Å²) in [5.41, 5.74) is 0. The van der Waals surface area contributed by atoms with Crippen LogP contribution in [0.3, 0.4) is 0 Å². The first-order chi connectivity index (χ1) is 11.8. The van der Waals surface area contributed by atoms with Crippen molar-refractivity contribution in [2.24, 2.45) is 5.92 Å². The molecule has 0 spiro atoms. The highest BCUT2D eigenvalue weighted by atomic mass is 32.2. The van der Waals surface area contributed by atoms with Crippen molar-refractivity contribution in [1.29, 1.82) is 0 Å². The summed E-state index contributed by atoms with van der Waals surface area (Å²) in [6, 6.07) is 7.18. The number of carbonyl (C=O) groups excluding carboxylic acids is 1. The zero-order chi connectivity index (χ0) is 18.4. The molecule has 0 fully saturated rings. The second-order valence-corrected chi connectivity index (χ2v) is 8.12. The van der Waals surface area contributed by atoms with E-state index in [1.54, 1.807) is 6.07 Å². The Bertz CT molecular complexity index is 787. The van der Waals surface area contributed by atoms with E-state index in [-0.39, 0.29) is 23.1 Å².